The number of amidine groups is 1. The van der Waals surface area contributed by atoms with Crippen LogP contribution in [0.15, 0.2) is 42.9 Å². The van der Waals surface area contributed by atoms with E-state index in [1.54, 1.807) is 29.1 Å². The molecule has 3 N–H and O–H groups in total. The van der Waals surface area contributed by atoms with Crippen molar-refractivity contribution in [2.75, 3.05) is 26.4 Å². The van der Waals surface area contributed by atoms with E-state index in [1.807, 2.05) is 0 Å². The molecule has 2 saturated heterocycles. The number of rotatable bonds is 12. The second kappa shape index (κ2) is 13.7. The highest BCUT2D eigenvalue weighted by Gasteiger charge is 2.48. The number of nitrogens with one attached hydrogen (secondary N) is 1. The summed E-state index contributed by atoms with van der Waals surface area (Å²) in [5.41, 5.74) is 7.82. The molecular formula is C40H43F2N9O5. The molecule has 14 nitrogen and oxygen atoms in total. The predicted molar refractivity (Wildman–Crippen MR) is 194 cm³/mol. The Kier molecular flexibility index (Phi) is 8.69. The molecule has 4 aromatic rings. The summed E-state index contributed by atoms with van der Waals surface area (Å²) in [6.07, 6.45) is 10.7. The molecule has 4 saturated carbocycles. The maximum atomic E-state index is 16.6. The van der Waals surface area contributed by atoms with Gasteiger partial charge in [-0.2, -0.15) is 8.78 Å². The minimum Gasteiger partial charge on any atom is -0.488 e. The molecule has 6 fully saturated rings. The fraction of sp³-hybridized carbons (Fsp3) is 0.550. The Labute approximate surface area is 321 Å². The van der Waals surface area contributed by atoms with Crippen LogP contribution in [0.1, 0.15) is 72.9 Å². The summed E-state index contributed by atoms with van der Waals surface area (Å²) in [6.45, 7) is 3.11. The Morgan fingerprint density at radius 2 is 1.59 bits per heavy atom. The van der Waals surface area contributed by atoms with Crippen LogP contribution in [-0.2, 0) is 44.4 Å². The van der Waals surface area contributed by atoms with Gasteiger partial charge in [-0.05, 0) is 75.1 Å². The Balaban J connectivity index is 0.853. The quantitative estimate of drug-likeness (QED) is 0.119. The van der Waals surface area contributed by atoms with Crippen molar-refractivity contribution in [1.82, 2.24) is 35.0 Å². The summed E-state index contributed by atoms with van der Waals surface area (Å²) >= 11 is 0. The van der Waals surface area contributed by atoms with E-state index in [2.05, 4.69) is 37.4 Å². The lowest BCUT2D eigenvalue weighted by Gasteiger charge is -2.29. The molecule has 56 heavy (non-hydrogen) atoms. The van der Waals surface area contributed by atoms with Crippen LogP contribution in [0, 0.1) is 39.9 Å². The van der Waals surface area contributed by atoms with Gasteiger partial charge in [0, 0.05) is 45.6 Å². The van der Waals surface area contributed by atoms with Crippen molar-refractivity contribution in [1.29, 1.82) is 5.41 Å². The van der Waals surface area contributed by atoms with Gasteiger partial charge in [0.25, 0.3) is 0 Å². The number of hydrogen-bond donors (Lipinski definition) is 2. The zero-order valence-corrected chi connectivity index (χ0v) is 30.8. The Bertz CT molecular complexity index is 2200. The topological polar surface area (TPSA) is 170 Å². The summed E-state index contributed by atoms with van der Waals surface area (Å²) < 4.78 is 66.2. The molecule has 0 amide bonds. The van der Waals surface area contributed by atoms with Crippen LogP contribution in [0.25, 0.3) is 11.4 Å². The van der Waals surface area contributed by atoms with Gasteiger partial charge in [0.05, 0.1) is 51.9 Å². The Morgan fingerprint density at radius 1 is 0.929 bits per heavy atom. The number of hydrogen-bond acceptors (Lipinski definition) is 11. The van der Waals surface area contributed by atoms with Crippen LogP contribution in [0.5, 0.6) is 5.75 Å². The number of ether oxygens (including phenoxy) is 5. The van der Waals surface area contributed by atoms with E-state index in [4.69, 9.17) is 34.8 Å². The van der Waals surface area contributed by atoms with E-state index in [0.29, 0.717) is 85.6 Å². The first-order valence-corrected chi connectivity index (χ1v) is 19.4. The van der Waals surface area contributed by atoms with Crippen LogP contribution in [0.2, 0.25) is 0 Å². The highest BCUT2D eigenvalue weighted by atomic mass is 19.3. The van der Waals surface area contributed by atoms with Crippen molar-refractivity contribution < 1.29 is 32.5 Å². The number of aromatic nitrogens is 7. The van der Waals surface area contributed by atoms with E-state index in [0.717, 1.165) is 38.5 Å². The van der Waals surface area contributed by atoms with E-state index in [-0.39, 0.29) is 40.8 Å². The van der Waals surface area contributed by atoms with Gasteiger partial charge in [0.15, 0.2) is 18.3 Å². The largest absolute Gasteiger partial charge is 0.488 e. The molecule has 2 atom stereocenters. The molecular weight excluding hydrogens is 724 g/mol. The van der Waals surface area contributed by atoms with Gasteiger partial charge in [0.2, 0.25) is 0 Å². The molecule has 5 heterocycles. The van der Waals surface area contributed by atoms with Gasteiger partial charge >= 0.3 is 5.92 Å². The lowest BCUT2D eigenvalue weighted by molar-refractivity contribution is -0.213. The second-order valence-electron chi connectivity index (χ2n) is 16.6. The van der Waals surface area contributed by atoms with Gasteiger partial charge in [-0.15, -0.1) is 10.2 Å². The lowest BCUT2D eigenvalue weighted by atomic mass is 9.93. The number of nitrogens with two attached hydrogens (primary N) is 1. The molecule has 0 bridgehead atoms. The van der Waals surface area contributed by atoms with Crippen molar-refractivity contribution in [3.05, 3.63) is 70.8 Å². The Hall–Kier alpha value is -4.82. The third-order valence-corrected chi connectivity index (χ3v) is 11.8. The van der Waals surface area contributed by atoms with E-state index in [9.17, 15) is 0 Å². The molecule has 6 aliphatic rings. The van der Waals surface area contributed by atoms with Crippen LogP contribution in [0.3, 0.4) is 0 Å². The molecule has 10 rings (SSSR count). The fourth-order valence-corrected chi connectivity index (χ4v) is 7.31. The molecule has 0 radical (unpaired) electrons. The van der Waals surface area contributed by atoms with Gasteiger partial charge < -0.3 is 29.4 Å². The lowest BCUT2D eigenvalue weighted by Crippen LogP contribution is -2.36. The summed E-state index contributed by atoms with van der Waals surface area (Å²) in [5.74, 6) is 3.31. The highest BCUT2D eigenvalue weighted by Crippen LogP contribution is 2.49. The van der Waals surface area contributed by atoms with E-state index in [1.165, 1.54) is 23.1 Å². The maximum absolute atomic E-state index is 16.6. The van der Waals surface area contributed by atoms with Gasteiger partial charge in [-0.3, -0.25) is 5.41 Å². The molecule has 16 heteroatoms. The normalized spacial score (nSPS) is 24.8. The van der Waals surface area contributed by atoms with Gasteiger partial charge in [-0.1, -0.05) is 28.3 Å². The van der Waals surface area contributed by atoms with Gasteiger partial charge in [-0.25, -0.2) is 14.3 Å². The number of benzene rings is 1. The van der Waals surface area contributed by atoms with Crippen molar-refractivity contribution in [3.8, 4) is 29.0 Å². The molecule has 2 spiro atoms. The molecule has 2 aliphatic heterocycles. The van der Waals surface area contributed by atoms with Crippen molar-refractivity contribution >= 4 is 5.84 Å². The molecule has 292 valence electrons. The number of halogens is 2. The van der Waals surface area contributed by atoms with Crippen LogP contribution >= 0.6 is 0 Å². The summed E-state index contributed by atoms with van der Waals surface area (Å²) in [6, 6.07) is 6.69. The summed E-state index contributed by atoms with van der Waals surface area (Å²) in [4.78, 5) is 4.55. The molecule has 3 aromatic heterocycles. The first-order valence-electron chi connectivity index (χ1n) is 19.4. The monoisotopic (exact) mass is 767 g/mol. The SMILES string of the molecule is N=C(N)c1cnc(-c2cn(CC3OCC4(CC4)CO3)nn2)c(OC2CC2Cc2ccc(C#CC3CC3)cc2C(F)(F)c2cn(CC3OCC4(CC4)CO3)nn2)c1. The summed E-state index contributed by atoms with van der Waals surface area (Å²) in [7, 11) is 0. The van der Waals surface area contributed by atoms with Crippen LogP contribution in [0.4, 0.5) is 8.78 Å². The smallest absolute Gasteiger partial charge is 0.318 e. The number of alkyl halides is 2. The van der Waals surface area contributed by atoms with Crippen LogP contribution < -0.4 is 10.5 Å². The van der Waals surface area contributed by atoms with Crippen molar-refractivity contribution in [3.63, 3.8) is 0 Å². The number of nitrogen functional groups attached to an aromatic ring is 1. The average Bonchev–Trinajstić information content (AvgIpc) is 4.13. The zero-order valence-electron chi connectivity index (χ0n) is 30.8. The summed E-state index contributed by atoms with van der Waals surface area (Å²) in [5, 5.41) is 24.6. The average molecular weight is 768 g/mol. The van der Waals surface area contributed by atoms with Gasteiger partial charge in [0.1, 0.15) is 29.1 Å². The maximum Gasteiger partial charge on any atom is 0.318 e. The van der Waals surface area contributed by atoms with E-state index < -0.39 is 24.2 Å². The molecule has 4 aliphatic carbocycles. The molecule has 1 aromatic carbocycles. The van der Waals surface area contributed by atoms with E-state index >= 15 is 8.78 Å². The number of nitrogens with zero attached hydrogens (tertiary/aromatic N) is 7. The zero-order chi connectivity index (χ0) is 38.1. The molecule has 2 unspecified atom stereocenters. The minimum atomic E-state index is -3.45. The van der Waals surface area contributed by atoms with Crippen LogP contribution in [-0.4, -0.2) is 85.9 Å². The highest BCUT2D eigenvalue weighted by molar-refractivity contribution is 5.95. The standard InChI is InChI=1S/C40H43F2N9O5/c41-40(42,33-17-51(49-47-33)19-35-54-22-39(9-10-39)23-55-35)29-11-25(4-3-24-1-2-24)5-6-26(29)12-27-13-31(27)56-32-14-28(37(43)44)15-45-36(32)30-16-50(48-46-30)18-34-52-20-38(7-8-38)21-53-34/h5-6,11,14-17,24,27,31,34-35H,1-2,7-10,12-13,18-23H2,(H3,43,44). The van der Waals surface area contributed by atoms with Crippen molar-refractivity contribution in [2.45, 2.75) is 89.1 Å². The second-order valence-corrected chi connectivity index (χ2v) is 16.6. The first kappa shape index (κ1) is 35.6. The first-order chi connectivity index (χ1) is 27.1. The fourth-order valence-electron chi connectivity index (χ4n) is 7.31. The Morgan fingerprint density at radius 3 is 2.23 bits per heavy atom. The number of pyridine rings is 1. The third kappa shape index (κ3) is 7.52. The third-order valence-electron chi connectivity index (χ3n) is 11.8. The predicted octanol–water partition coefficient (Wildman–Crippen LogP) is 4.43. The minimum absolute atomic E-state index is 0.0705. The van der Waals surface area contributed by atoms with Crippen molar-refractivity contribution in [2.24, 2.45) is 28.4 Å².